The van der Waals surface area contributed by atoms with Crippen LogP contribution in [-0.2, 0) is 4.79 Å². The lowest BCUT2D eigenvalue weighted by atomic mass is 10.2. The lowest BCUT2D eigenvalue weighted by Gasteiger charge is -2.08. The SMILES string of the molecule is O=C(CSc1ccc(Cl)cc1)NNC(=O)c1ccc(Sc2ccccn2)cc1. The van der Waals surface area contributed by atoms with Crippen LogP contribution in [0.5, 0.6) is 0 Å². The molecule has 0 saturated heterocycles. The molecule has 1 heterocycles. The zero-order chi connectivity index (χ0) is 19.8. The molecule has 2 aromatic carbocycles. The van der Waals surface area contributed by atoms with Crippen LogP contribution in [0.1, 0.15) is 10.4 Å². The average Bonchev–Trinajstić information content (AvgIpc) is 2.73. The van der Waals surface area contributed by atoms with Crippen molar-refractivity contribution in [2.24, 2.45) is 0 Å². The van der Waals surface area contributed by atoms with Crippen molar-refractivity contribution in [3.63, 3.8) is 0 Å². The fraction of sp³-hybridized carbons (Fsp3) is 0.0500. The minimum atomic E-state index is -0.376. The molecule has 3 aromatic rings. The Bertz CT molecular complexity index is 936. The maximum atomic E-state index is 12.2. The summed E-state index contributed by atoms with van der Waals surface area (Å²) in [6, 6.07) is 20.0. The number of nitrogens with zero attached hydrogens (tertiary/aromatic N) is 1. The van der Waals surface area contributed by atoms with E-state index in [1.165, 1.54) is 23.5 Å². The molecule has 2 amide bonds. The van der Waals surface area contributed by atoms with Crippen molar-refractivity contribution in [2.75, 3.05) is 5.75 Å². The molecule has 2 N–H and O–H groups in total. The summed E-state index contributed by atoms with van der Waals surface area (Å²) >= 11 is 8.69. The molecule has 0 aliphatic heterocycles. The van der Waals surface area contributed by atoms with Crippen molar-refractivity contribution in [2.45, 2.75) is 14.8 Å². The molecule has 1 aromatic heterocycles. The molecule has 8 heteroatoms. The number of carbonyl (C=O) groups excluding carboxylic acids is 2. The zero-order valence-corrected chi connectivity index (χ0v) is 17.0. The number of nitrogens with one attached hydrogen (secondary N) is 2. The second kappa shape index (κ2) is 10.2. The van der Waals surface area contributed by atoms with Gasteiger partial charge in [0.05, 0.1) is 5.75 Å². The van der Waals surface area contributed by atoms with Crippen molar-refractivity contribution in [3.8, 4) is 0 Å². The van der Waals surface area contributed by atoms with Gasteiger partial charge in [0, 0.05) is 26.6 Å². The summed E-state index contributed by atoms with van der Waals surface area (Å²) in [4.78, 5) is 30.2. The van der Waals surface area contributed by atoms with Crippen LogP contribution in [0.4, 0.5) is 0 Å². The Balaban J connectivity index is 1.45. The zero-order valence-electron chi connectivity index (χ0n) is 14.6. The molecule has 0 aliphatic carbocycles. The number of amides is 2. The van der Waals surface area contributed by atoms with Gasteiger partial charge in [-0.2, -0.15) is 0 Å². The number of aromatic nitrogens is 1. The largest absolute Gasteiger partial charge is 0.272 e. The van der Waals surface area contributed by atoms with Crippen LogP contribution >= 0.6 is 35.1 Å². The van der Waals surface area contributed by atoms with Gasteiger partial charge in [-0.1, -0.05) is 29.4 Å². The molecule has 5 nitrogen and oxygen atoms in total. The molecular formula is C20H16ClN3O2S2. The molecule has 0 radical (unpaired) electrons. The summed E-state index contributed by atoms with van der Waals surface area (Å²) < 4.78 is 0. The first-order valence-corrected chi connectivity index (χ1v) is 10.4. The summed E-state index contributed by atoms with van der Waals surface area (Å²) in [5, 5.41) is 1.52. The number of carbonyl (C=O) groups is 2. The topological polar surface area (TPSA) is 71.1 Å². The number of rotatable bonds is 6. The Morgan fingerprint density at radius 2 is 1.61 bits per heavy atom. The highest BCUT2D eigenvalue weighted by Crippen LogP contribution is 2.25. The van der Waals surface area contributed by atoms with Crippen molar-refractivity contribution in [1.29, 1.82) is 0 Å². The van der Waals surface area contributed by atoms with Gasteiger partial charge in [0.1, 0.15) is 5.03 Å². The number of halogens is 1. The van der Waals surface area contributed by atoms with Gasteiger partial charge in [0.25, 0.3) is 5.91 Å². The Labute approximate surface area is 176 Å². The van der Waals surface area contributed by atoms with Gasteiger partial charge in [0.15, 0.2) is 0 Å². The summed E-state index contributed by atoms with van der Waals surface area (Å²) in [6.45, 7) is 0. The quantitative estimate of drug-likeness (QED) is 0.447. The Morgan fingerprint density at radius 1 is 0.893 bits per heavy atom. The van der Waals surface area contributed by atoms with Gasteiger partial charge in [0.2, 0.25) is 5.91 Å². The second-order valence-electron chi connectivity index (χ2n) is 5.54. The van der Waals surface area contributed by atoms with E-state index in [1.54, 1.807) is 30.5 Å². The maximum absolute atomic E-state index is 12.2. The van der Waals surface area contributed by atoms with Crippen LogP contribution in [0, 0.1) is 0 Å². The van der Waals surface area contributed by atoms with Crippen LogP contribution in [0.15, 0.2) is 87.7 Å². The van der Waals surface area contributed by atoms with Crippen molar-refractivity contribution in [3.05, 3.63) is 83.5 Å². The predicted octanol–water partition coefficient (Wildman–Crippen LogP) is 4.44. The van der Waals surface area contributed by atoms with E-state index in [0.29, 0.717) is 10.6 Å². The van der Waals surface area contributed by atoms with E-state index >= 15 is 0 Å². The normalized spacial score (nSPS) is 10.3. The highest BCUT2D eigenvalue weighted by Gasteiger charge is 2.08. The van der Waals surface area contributed by atoms with E-state index in [0.717, 1.165) is 14.8 Å². The van der Waals surface area contributed by atoms with Gasteiger partial charge >= 0.3 is 0 Å². The highest BCUT2D eigenvalue weighted by molar-refractivity contribution is 8.00. The molecule has 28 heavy (non-hydrogen) atoms. The molecule has 0 saturated carbocycles. The van der Waals surface area contributed by atoms with E-state index in [4.69, 9.17) is 11.6 Å². The summed E-state index contributed by atoms with van der Waals surface area (Å²) in [7, 11) is 0. The number of benzene rings is 2. The fourth-order valence-electron chi connectivity index (χ4n) is 2.12. The lowest BCUT2D eigenvalue weighted by molar-refractivity contribution is -0.119. The van der Waals surface area contributed by atoms with Crippen LogP contribution in [0.3, 0.4) is 0 Å². The number of hydrazine groups is 1. The molecular weight excluding hydrogens is 414 g/mol. The van der Waals surface area contributed by atoms with E-state index in [9.17, 15) is 9.59 Å². The van der Waals surface area contributed by atoms with E-state index in [2.05, 4.69) is 15.8 Å². The number of hydrogen-bond acceptors (Lipinski definition) is 5. The van der Waals surface area contributed by atoms with Gasteiger partial charge in [-0.25, -0.2) is 4.98 Å². The van der Waals surface area contributed by atoms with Gasteiger partial charge < -0.3 is 0 Å². The van der Waals surface area contributed by atoms with E-state index in [-0.39, 0.29) is 17.6 Å². The standard InChI is InChI=1S/C20H16ClN3O2S2/c21-15-6-10-16(11-7-15)27-13-18(25)23-24-20(26)14-4-8-17(9-5-14)28-19-3-1-2-12-22-19/h1-12H,13H2,(H,23,25)(H,24,26). The minimum Gasteiger partial charge on any atom is -0.272 e. The predicted molar refractivity (Wildman–Crippen MR) is 113 cm³/mol. The van der Waals surface area contributed by atoms with Gasteiger partial charge in [-0.05, 0) is 60.7 Å². The Morgan fingerprint density at radius 3 is 2.29 bits per heavy atom. The molecule has 0 unspecified atom stereocenters. The summed E-state index contributed by atoms with van der Waals surface area (Å²) in [5.74, 6) is -0.489. The number of thioether (sulfide) groups is 1. The molecule has 142 valence electrons. The highest BCUT2D eigenvalue weighted by atomic mass is 35.5. The molecule has 3 rings (SSSR count). The van der Waals surface area contributed by atoms with Crippen LogP contribution < -0.4 is 10.9 Å². The maximum Gasteiger partial charge on any atom is 0.269 e. The third-order valence-electron chi connectivity index (χ3n) is 3.48. The third-order valence-corrected chi connectivity index (χ3v) is 5.70. The van der Waals surface area contributed by atoms with Crippen molar-refractivity contribution < 1.29 is 9.59 Å². The number of pyridine rings is 1. The van der Waals surface area contributed by atoms with Crippen LogP contribution in [-0.4, -0.2) is 22.6 Å². The second-order valence-corrected chi connectivity index (χ2v) is 8.12. The molecule has 0 bridgehead atoms. The van der Waals surface area contributed by atoms with E-state index < -0.39 is 0 Å². The smallest absolute Gasteiger partial charge is 0.269 e. The van der Waals surface area contributed by atoms with Crippen molar-refractivity contribution >= 4 is 46.9 Å². The molecule has 0 fully saturated rings. The monoisotopic (exact) mass is 429 g/mol. The summed E-state index contributed by atoms with van der Waals surface area (Å²) in [5.41, 5.74) is 5.29. The van der Waals surface area contributed by atoms with E-state index in [1.807, 2.05) is 42.5 Å². The Kier molecular flexibility index (Phi) is 7.36. The first kappa shape index (κ1) is 20.3. The number of hydrogen-bond donors (Lipinski definition) is 2. The molecule has 0 aliphatic rings. The lowest BCUT2D eigenvalue weighted by Crippen LogP contribution is -2.42. The third kappa shape index (κ3) is 6.30. The van der Waals surface area contributed by atoms with Crippen LogP contribution in [0.25, 0.3) is 0 Å². The van der Waals surface area contributed by atoms with Crippen LogP contribution in [0.2, 0.25) is 5.02 Å². The van der Waals surface area contributed by atoms with Crippen molar-refractivity contribution in [1.82, 2.24) is 15.8 Å². The first-order chi connectivity index (χ1) is 13.6. The first-order valence-electron chi connectivity index (χ1n) is 8.27. The fourth-order valence-corrected chi connectivity index (χ4v) is 3.72. The average molecular weight is 430 g/mol. The summed E-state index contributed by atoms with van der Waals surface area (Å²) in [6.07, 6.45) is 1.73. The van der Waals surface area contributed by atoms with Gasteiger partial charge in [-0.15, -0.1) is 11.8 Å². The van der Waals surface area contributed by atoms with Gasteiger partial charge in [-0.3, -0.25) is 20.4 Å². The molecule has 0 spiro atoms. The minimum absolute atomic E-state index is 0.182. The molecule has 0 atom stereocenters. The Hall–Kier alpha value is -2.48.